The number of urea groups is 1. The number of amides is 2. The molecule has 7 nitrogen and oxygen atoms in total. The molecular formula is C16H21N5O2. The van der Waals surface area contributed by atoms with Crippen molar-refractivity contribution in [2.75, 3.05) is 18.5 Å². The number of anilines is 1. The first-order valence-corrected chi connectivity index (χ1v) is 7.65. The van der Waals surface area contributed by atoms with Gasteiger partial charge in [-0.25, -0.2) is 9.48 Å². The molecule has 2 N–H and O–H groups in total. The molecule has 7 heteroatoms. The Morgan fingerprint density at radius 1 is 1.48 bits per heavy atom. The van der Waals surface area contributed by atoms with E-state index in [1.54, 1.807) is 10.9 Å². The van der Waals surface area contributed by atoms with E-state index in [0.29, 0.717) is 25.6 Å². The zero-order chi connectivity index (χ0) is 16.3. The first-order chi connectivity index (χ1) is 11.0. The van der Waals surface area contributed by atoms with Gasteiger partial charge in [0.2, 0.25) is 0 Å². The number of nitrogens with zero attached hydrogens (tertiary/aromatic N) is 3. The molecule has 1 atom stereocenters. The molecule has 0 bridgehead atoms. The van der Waals surface area contributed by atoms with Crippen molar-refractivity contribution < 1.29 is 9.53 Å². The Balaban J connectivity index is 1.69. The summed E-state index contributed by atoms with van der Waals surface area (Å²) < 4.78 is 7.09. The van der Waals surface area contributed by atoms with Crippen LogP contribution < -0.4 is 10.6 Å². The molecule has 0 radical (unpaired) electrons. The van der Waals surface area contributed by atoms with E-state index < -0.39 is 0 Å². The summed E-state index contributed by atoms with van der Waals surface area (Å²) in [6.45, 7) is 5.59. The van der Waals surface area contributed by atoms with Crippen LogP contribution in [-0.2, 0) is 11.3 Å². The molecule has 0 aromatic carbocycles. The maximum atomic E-state index is 12.3. The van der Waals surface area contributed by atoms with Crippen molar-refractivity contribution in [2.45, 2.75) is 32.4 Å². The van der Waals surface area contributed by atoms with E-state index in [9.17, 15) is 4.79 Å². The Morgan fingerprint density at radius 2 is 2.35 bits per heavy atom. The van der Waals surface area contributed by atoms with Gasteiger partial charge >= 0.3 is 6.03 Å². The molecule has 3 rings (SSSR count). The first kappa shape index (κ1) is 15.5. The van der Waals surface area contributed by atoms with E-state index in [-0.39, 0.29) is 11.6 Å². The summed E-state index contributed by atoms with van der Waals surface area (Å²) >= 11 is 0. The maximum absolute atomic E-state index is 12.3. The summed E-state index contributed by atoms with van der Waals surface area (Å²) in [5.41, 5.74) is 1.41. The van der Waals surface area contributed by atoms with Crippen molar-refractivity contribution in [1.29, 1.82) is 0 Å². The molecule has 122 valence electrons. The number of carbonyl (C=O) groups is 1. The van der Waals surface area contributed by atoms with E-state index in [2.05, 4.69) is 20.7 Å². The molecular weight excluding hydrogens is 294 g/mol. The normalized spacial score (nSPS) is 20.4. The van der Waals surface area contributed by atoms with Crippen molar-refractivity contribution in [1.82, 2.24) is 20.1 Å². The Hall–Kier alpha value is -2.41. The molecule has 0 aliphatic carbocycles. The number of hydrogen-bond acceptors (Lipinski definition) is 4. The first-order valence-electron chi connectivity index (χ1n) is 7.65. The van der Waals surface area contributed by atoms with E-state index >= 15 is 0 Å². The Bertz CT molecular complexity index is 677. The van der Waals surface area contributed by atoms with Gasteiger partial charge in [0.1, 0.15) is 5.82 Å². The number of nitrogens with one attached hydrogen (secondary N) is 2. The van der Waals surface area contributed by atoms with E-state index in [1.807, 2.05) is 38.1 Å². The predicted octanol–water partition coefficient (Wildman–Crippen LogP) is 1.94. The Morgan fingerprint density at radius 3 is 3.04 bits per heavy atom. The summed E-state index contributed by atoms with van der Waals surface area (Å²) in [6, 6.07) is 7.32. The monoisotopic (exact) mass is 315 g/mol. The van der Waals surface area contributed by atoms with Gasteiger partial charge in [0, 0.05) is 18.9 Å². The number of pyridine rings is 1. The molecule has 0 saturated carbocycles. The lowest BCUT2D eigenvalue weighted by Gasteiger charge is -2.23. The highest BCUT2D eigenvalue weighted by Crippen LogP contribution is 2.18. The fourth-order valence-corrected chi connectivity index (χ4v) is 2.60. The van der Waals surface area contributed by atoms with Gasteiger partial charge in [0.25, 0.3) is 0 Å². The molecule has 23 heavy (non-hydrogen) atoms. The van der Waals surface area contributed by atoms with Crippen LogP contribution in [0.25, 0.3) is 0 Å². The average Bonchev–Trinajstić information content (AvgIpc) is 3.06. The largest absolute Gasteiger partial charge is 0.379 e. The number of aryl methyl sites for hydroxylation is 1. The topological polar surface area (TPSA) is 81.1 Å². The van der Waals surface area contributed by atoms with E-state index in [0.717, 1.165) is 17.8 Å². The van der Waals surface area contributed by atoms with Gasteiger partial charge < -0.3 is 10.1 Å². The van der Waals surface area contributed by atoms with Crippen LogP contribution in [0.5, 0.6) is 0 Å². The number of aromatic nitrogens is 3. The predicted molar refractivity (Wildman–Crippen MR) is 86.3 cm³/mol. The van der Waals surface area contributed by atoms with Crippen molar-refractivity contribution in [3.05, 3.63) is 41.9 Å². The summed E-state index contributed by atoms with van der Waals surface area (Å²) in [7, 11) is 0. The van der Waals surface area contributed by atoms with Crippen molar-refractivity contribution in [3.63, 3.8) is 0 Å². The minimum Gasteiger partial charge on any atom is -0.379 e. The highest BCUT2D eigenvalue weighted by molar-refractivity contribution is 5.89. The molecule has 1 fully saturated rings. The van der Waals surface area contributed by atoms with Crippen molar-refractivity contribution in [3.8, 4) is 0 Å². The van der Waals surface area contributed by atoms with Crippen LogP contribution in [0.4, 0.5) is 10.6 Å². The molecule has 2 amide bonds. The van der Waals surface area contributed by atoms with Crippen molar-refractivity contribution in [2.24, 2.45) is 0 Å². The minimum absolute atomic E-state index is 0.250. The number of carbonyl (C=O) groups excluding carboxylic acids is 1. The lowest BCUT2D eigenvalue weighted by molar-refractivity contribution is 0.172. The van der Waals surface area contributed by atoms with Crippen LogP contribution in [0.2, 0.25) is 0 Å². The minimum atomic E-state index is -0.315. The standard InChI is InChI=1S/C16H21N5O2/c1-12-9-14(18-15(22)19-16(2)6-8-23-11-16)21(20-12)10-13-5-3-4-7-17-13/h3-5,7,9H,6,8,10-11H2,1-2H3,(H2,18,19,22). The molecule has 0 spiro atoms. The second-order valence-electron chi connectivity index (χ2n) is 6.09. The molecule has 3 heterocycles. The van der Waals surface area contributed by atoms with Gasteiger partial charge in [-0.1, -0.05) is 6.07 Å². The van der Waals surface area contributed by atoms with Crippen LogP contribution in [-0.4, -0.2) is 39.5 Å². The smallest absolute Gasteiger partial charge is 0.320 e. The van der Waals surface area contributed by atoms with Crippen LogP contribution in [0.15, 0.2) is 30.5 Å². The summed E-state index contributed by atoms with van der Waals surface area (Å²) in [5.74, 6) is 0.646. The van der Waals surface area contributed by atoms with Crippen LogP contribution in [0.1, 0.15) is 24.7 Å². The Kier molecular flexibility index (Phi) is 4.29. The van der Waals surface area contributed by atoms with Gasteiger partial charge in [-0.2, -0.15) is 5.10 Å². The van der Waals surface area contributed by atoms with Gasteiger partial charge in [0.15, 0.2) is 0 Å². The molecule has 2 aromatic rings. The second kappa shape index (κ2) is 6.37. The van der Waals surface area contributed by atoms with Gasteiger partial charge in [-0.05, 0) is 32.4 Å². The summed E-state index contributed by atoms with van der Waals surface area (Å²) in [4.78, 5) is 16.5. The summed E-state index contributed by atoms with van der Waals surface area (Å²) in [6.07, 6.45) is 2.55. The average molecular weight is 315 g/mol. The zero-order valence-electron chi connectivity index (χ0n) is 13.4. The fraction of sp³-hybridized carbons (Fsp3) is 0.438. The van der Waals surface area contributed by atoms with E-state index in [4.69, 9.17) is 4.74 Å². The highest BCUT2D eigenvalue weighted by Gasteiger charge is 2.31. The lowest BCUT2D eigenvalue weighted by Crippen LogP contribution is -2.48. The molecule has 2 aromatic heterocycles. The molecule has 1 aliphatic rings. The molecule has 1 unspecified atom stereocenters. The third kappa shape index (κ3) is 3.87. The van der Waals surface area contributed by atoms with Gasteiger partial charge in [0.05, 0.1) is 30.1 Å². The molecule has 1 saturated heterocycles. The number of rotatable bonds is 4. The van der Waals surface area contributed by atoms with Gasteiger partial charge in [-0.15, -0.1) is 0 Å². The van der Waals surface area contributed by atoms with Crippen LogP contribution >= 0.6 is 0 Å². The fourth-order valence-electron chi connectivity index (χ4n) is 2.60. The van der Waals surface area contributed by atoms with Gasteiger partial charge in [-0.3, -0.25) is 10.3 Å². The third-order valence-corrected chi connectivity index (χ3v) is 3.82. The number of ether oxygens (including phenoxy) is 1. The van der Waals surface area contributed by atoms with Crippen LogP contribution in [0, 0.1) is 6.92 Å². The second-order valence-corrected chi connectivity index (χ2v) is 6.09. The summed E-state index contributed by atoms with van der Waals surface area (Å²) in [5, 5.41) is 10.3. The van der Waals surface area contributed by atoms with Crippen LogP contribution in [0.3, 0.4) is 0 Å². The SMILES string of the molecule is Cc1cc(NC(=O)NC2(C)CCOC2)n(Cc2ccccn2)n1. The maximum Gasteiger partial charge on any atom is 0.320 e. The van der Waals surface area contributed by atoms with E-state index in [1.165, 1.54) is 0 Å². The molecule has 1 aliphatic heterocycles. The van der Waals surface area contributed by atoms with Crippen molar-refractivity contribution >= 4 is 11.8 Å². The Labute approximate surface area is 135 Å². The highest BCUT2D eigenvalue weighted by atomic mass is 16.5. The third-order valence-electron chi connectivity index (χ3n) is 3.82. The zero-order valence-corrected chi connectivity index (χ0v) is 13.4. The number of hydrogen-bond donors (Lipinski definition) is 2. The lowest BCUT2D eigenvalue weighted by atomic mass is 10.0. The quantitative estimate of drug-likeness (QED) is 0.903.